The number of nitrogens with zero attached hydrogens (tertiary/aromatic N) is 2. The van der Waals surface area contributed by atoms with Crippen LogP contribution >= 0.6 is 0 Å². The summed E-state index contributed by atoms with van der Waals surface area (Å²) in [6.45, 7) is 5.10. The Morgan fingerprint density at radius 1 is 1.17 bits per heavy atom. The molecule has 2 saturated heterocycles. The second-order valence-corrected chi connectivity index (χ2v) is 6.70. The van der Waals surface area contributed by atoms with Crippen LogP contribution in [0.15, 0.2) is 24.3 Å². The van der Waals surface area contributed by atoms with E-state index in [-0.39, 0.29) is 17.7 Å². The SMILES string of the molecule is C[C@H]1C[C@@H](C(=O)N2CCN(C(=O)c3cccc(F)c3)CC2)CCN1. The van der Waals surface area contributed by atoms with Crippen molar-refractivity contribution < 1.29 is 14.0 Å². The van der Waals surface area contributed by atoms with Gasteiger partial charge in [-0.2, -0.15) is 0 Å². The van der Waals surface area contributed by atoms with E-state index in [1.165, 1.54) is 12.1 Å². The zero-order valence-corrected chi connectivity index (χ0v) is 14.0. The minimum absolute atomic E-state index is 0.0896. The summed E-state index contributed by atoms with van der Waals surface area (Å²) in [7, 11) is 0. The van der Waals surface area contributed by atoms with Crippen LogP contribution in [0, 0.1) is 11.7 Å². The molecule has 0 bridgehead atoms. The normalized spacial score (nSPS) is 24.8. The number of hydrogen-bond donors (Lipinski definition) is 1. The van der Waals surface area contributed by atoms with Gasteiger partial charge in [0.1, 0.15) is 5.82 Å². The molecule has 0 saturated carbocycles. The van der Waals surface area contributed by atoms with Crippen molar-refractivity contribution in [2.45, 2.75) is 25.8 Å². The average molecular weight is 333 g/mol. The maximum atomic E-state index is 13.3. The molecule has 2 atom stereocenters. The van der Waals surface area contributed by atoms with Gasteiger partial charge in [0.25, 0.3) is 5.91 Å². The molecule has 6 heteroatoms. The molecule has 2 aliphatic rings. The van der Waals surface area contributed by atoms with Crippen molar-refractivity contribution >= 4 is 11.8 Å². The van der Waals surface area contributed by atoms with Crippen LogP contribution in [0.25, 0.3) is 0 Å². The van der Waals surface area contributed by atoms with Crippen molar-refractivity contribution in [3.8, 4) is 0 Å². The predicted octanol–water partition coefficient (Wildman–Crippen LogP) is 1.50. The standard InChI is InChI=1S/C18H24FN3O2/c1-13-11-15(5-6-20-13)18(24)22-9-7-21(8-10-22)17(23)14-3-2-4-16(19)12-14/h2-4,12-13,15,20H,5-11H2,1H3/t13-,15-/m0/s1. The lowest BCUT2D eigenvalue weighted by Crippen LogP contribution is -2.53. The fraction of sp³-hybridized carbons (Fsp3) is 0.556. The number of hydrogen-bond acceptors (Lipinski definition) is 3. The van der Waals surface area contributed by atoms with Crippen LogP contribution < -0.4 is 5.32 Å². The van der Waals surface area contributed by atoms with E-state index in [0.717, 1.165) is 19.4 Å². The molecule has 130 valence electrons. The van der Waals surface area contributed by atoms with Crippen LogP contribution in [-0.2, 0) is 4.79 Å². The number of rotatable bonds is 2. The van der Waals surface area contributed by atoms with E-state index in [0.29, 0.717) is 37.8 Å². The first kappa shape index (κ1) is 16.9. The summed E-state index contributed by atoms with van der Waals surface area (Å²) in [5.74, 6) is -0.278. The van der Waals surface area contributed by atoms with E-state index in [1.54, 1.807) is 17.0 Å². The van der Waals surface area contributed by atoms with Gasteiger partial charge in [0.2, 0.25) is 5.91 Å². The van der Waals surface area contributed by atoms with E-state index >= 15 is 0 Å². The molecule has 0 aliphatic carbocycles. The molecule has 0 aromatic heterocycles. The quantitative estimate of drug-likeness (QED) is 0.892. The Balaban J connectivity index is 1.55. The zero-order chi connectivity index (χ0) is 17.1. The second-order valence-electron chi connectivity index (χ2n) is 6.70. The van der Waals surface area contributed by atoms with Gasteiger partial charge in [-0.25, -0.2) is 4.39 Å². The number of carbonyl (C=O) groups excluding carboxylic acids is 2. The Labute approximate surface area is 141 Å². The number of benzene rings is 1. The third kappa shape index (κ3) is 3.75. The van der Waals surface area contributed by atoms with Gasteiger partial charge in [0.15, 0.2) is 0 Å². The number of halogens is 1. The first-order chi connectivity index (χ1) is 11.5. The highest BCUT2D eigenvalue weighted by molar-refractivity contribution is 5.94. The minimum atomic E-state index is -0.408. The molecule has 2 fully saturated rings. The summed E-state index contributed by atoms with van der Waals surface area (Å²) in [6.07, 6.45) is 1.76. The summed E-state index contributed by atoms with van der Waals surface area (Å²) in [6, 6.07) is 6.13. The summed E-state index contributed by atoms with van der Waals surface area (Å²) in [5, 5.41) is 3.36. The predicted molar refractivity (Wildman–Crippen MR) is 89.1 cm³/mol. The van der Waals surface area contributed by atoms with E-state index in [2.05, 4.69) is 12.2 Å². The van der Waals surface area contributed by atoms with Crippen LogP contribution in [0.2, 0.25) is 0 Å². The van der Waals surface area contributed by atoms with Gasteiger partial charge < -0.3 is 15.1 Å². The topological polar surface area (TPSA) is 52.7 Å². The van der Waals surface area contributed by atoms with Crippen LogP contribution in [0.1, 0.15) is 30.1 Å². The number of amides is 2. The largest absolute Gasteiger partial charge is 0.339 e. The van der Waals surface area contributed by atoms with Crippen molar-refractivity contribution in [1.29, 1.82) is 0 Å². The molecule has 1 N–H and O–H groups in total. The minimum Gasteiger partial charge on any atom is -0.339 e. The highest BCUT2D eigenvalue weighted by Crippen LogP contribution is 2.20. The highest BCUT2D eigenvalue weighted by atomic mass is 19.1. The number of piperazine rings is 1. The van der Waals surface area contributed by atoms with Crippen molar-refractivity contribution in [1.82, 2.24) is 15.1 Å². The number of carbonyl (C=O) groups is 2. The molecule has 2 heterocycles. The molecule has 1 aromatic rings. The zero-order valence-electron chi connectivity index (χ0n) is 14.0. The van der Waals surface area contributed by atoms with Crippen LogP contribution in [0.5, 0.6) is 0 Å². The smallest absolute Gasteiger partial charge is 0.254 e. The van der Waals surface area contributed by atoms with E-state index < -0.39 is 5.82 Å². The summed E-state index contributed by atoms with van der Waals surface area (Å²) in [5.41, 5.74) is 0.363. The van der Waals surface area contributed by atoms with E-state index in [9.17, 15) is 14.0 Å². The Hall–Kier alpha value is -1.95. The molecule has 2 amide bonds. The van der Waals surface area contributed by atoms with Gasteiger partial charge in [0, 0.05) is 43.7 Å². The molecular weight excluding hydrogens is 309 g/mol. The molecule has 3 rings (SSSR count). The molecule has 0 radical (unpaired) electrons. The van der Waals surface area contributed by atoms with Gasteiger partial charge in [-0.15, -0.1) is 0 Å². The first-order valence-electron chi connectivity index (χ1n) is 8.61. The molecule has 1 aromatic carbocycles. The Morgan fingerprint density at radius 2 is 1.88 bits per heavy atom. The van der Waals surface area contributed by atoms with Crippen molar-refractivity contribution in [2.24, 2.45) is 5.92 Å². The molecule has 0 unspecified atom stereocenters. The highest BCUT2D eigenvalue weighted by Gasteiger charge is 2.31. The van der Waals surface area contributed by atoms with Gasteiger partial charge in [-0.1, -0.05) is 6.07 Å². The second kappa shape index (κ2) is 7.30. The third-order valence-corrected chi connectivity index (χ3v) is 4.92. The van der Waals surface area contributed by atoms with Crippen molar-refractivity contribution in [3.63, 3.8) is 0 Å². The van der Waals surface area contributed by atoms with E-state index in [4.69, 9.17) is 0 Å². The maximum Gasteiger partial charge on any atom is 0.254 e. The van der Waals surface area contributed by atoms with Crippen LogP contribution in [-0.4, -0.2) is 60.4 Å². The van der Waals surface area contributed by atoms with Crippen LogP contribution in [0.3, 0.4) is 0 Å². The lowest BCUT2D eigenvalue weighted by Gasteiger charge is -2.38. The summed E-state index contributed by atoms with van der Waals surface area (Å²) < 4.78 is 13.3. The molecule has 24 heavy (non-hydrogen) atoms. The summed E-state index contributed by atoms with van der Waals surface area (Å²) in [4.78, 5) is 28.6. The first-order valence-corrected chi connectivity index (χ1v) is 8.61. The molecule has 2 aliphatic heterocycles. The van der Waals surface area contributed by atoms with Crippen molar-refractivity contribution in [2.75, 3.05) is 32.7 Å². The van der Waals surface area contributed by atoms with E-state index in [1.807, 2.05) is 4.90 Å². The Morgan fingerprint density at radius 3 is 2.54 bits per heavy atom. The lowest BCUT2D eigenvalue weighted by molar-refractivity contribution is -0.138. The van der Waals surface area contributed by atoms with Crippen molar-refractivity contribution in [3.05, 3.63) is 35.6 Å². The molecule has 5 nitrogen and oxygen atoms in total. The maximum absolute atomic E-state index is 13.3. The van der Waals surface area contributed by atoms with Gasteiger partial charge >= 0.3 is 0 Å². The van der Waals surface area contributed by atoms with Gasteiger partial charge in [0.05, 0.1) is 0 Å². The fourth-order valence-electron chi connectivity index (χ4n) is 3.55. The molecular formula is C18H24FN3O2. The summed E-state index contributed by atoms with van der Waals surface area (Å²) >= 11 is 0. The van der Waals surface area contributed by atoms with Crippen LogP contribution in [0.4, 0.5) is 4.39 Å². The number of piperidine rings is 1. The van der Waals surface area contributed by atoms with Gasteiger partial charge in [-0.05, 0) is 44.5 Å². The fourth-order valence-corrected chi connectivity index (χ4v) is 3.55. The lowest BCUT2D eigenvalue weighted by atomic mass is 9.92. The van der Waals surface area contributed by atoms with Gasteiger partial charge in [-0.3, -0.25) is 9.59 Å². The Kier molecular flexibility index (Phi) is 5.14. The number of nitrogens with one attached hydrogen (secondary N) is 1. The average Bonchev–Trinajstić information content (AvgIpc) is 2.60. The molecule has 0 spiro atoms. The monoisotopic (exact) mass is 333 g/mol. The third-order valence-electron chi connectivity index (χ3n) is 4.92. The Bertz CT molecular complexity index is 614.